The number of hydrogen-bond acceptors (Lipinski definition) is 5. The molecule has 0 radical (unpaired) electrons. The van der Waals surface area contributed by atoms with Gasteiger partial charge in [-0.25, -0.2) is 4.99 Å². The fraction of sp³-hybridized carbons (Fsp3) is 0.500. The lowest BCUT2D eigenvalue weighted by Crippen LogP contribution is -2.36. The van der Waals surface area contributed by atoms with Crippen molar-refractivity contribution in [2.45, 2.75) is 0 Å². The maximum absolute atomic E-state index is 9.81. The Morgan fingerprint density at radius 2 is 2.30 bits per heavy atom. The van der Waals surface area contributed by atoms with Crippen LogP contribution in [0.5, 0.6) is 0 Å². The summed E-state index contributed by atoms with van der Waals surface area (Å²) < 4.78 is 0. The Labute approximate surface area is 55.4 Å². The van der Waals surface area contributed by atoms with Crippen molar-refractivity contribution in [3.05, 3.63) is 15.0 Å². The zero-order valence-corrected chi connectivity index (χ0v) is 5.09. The third-order valence-electron chi connectivity index (χ3n) is 0.666. The minimum atomic E-state index is -1.07. The molecule has 0 aromatic heterocycles. The average Bonchev–Trinajstić information content (AvgIpc) is 1.88. The molecule has 8 nitrogen and oxygen atoms in total. The van der Waals surface area contributed by atoms with Gasteiger partial charge in [-0.05, 0) is 0 Å². The van der Waals surface area contributed by atoms with Crippen LogP contribution in [0.1, 0.15) is 0 Å². The van der Waals surface area contributed by atoms with E-state index in [4.69, 9.17) is 5.73 Å². The number of hydrazine groups is 1. The van der Waals surface area contributed by atoms with Crippen LogP contribution in [-0.2, 0) is 0 Å². The van der Waals surface area contributed by atoms with Gasteiger partial charge in [0.1, 0.15) is 5.12 Å². The van der Waals surface area contributed by atoms with Crippen molar-refractivity contribution in [1.29, 1.82) is 0 Å². The molecule has 0 saturated heterocycles. The molecule has 2 N–H and O–H groups in total. The Balaban J connectivity index is 4.36. The molecule has 8 heteroatoms. The number of hydrogen-bond donors (Lipinski definition) is 1. The van der Waals surface area contributed by atoms with E-state index in [0.717, 1.165) is 0 Å². The van der Waals surface area contributed by atoms with Gasteiger partial charge in [0.25, 0.3) is 5.96 Å². The summed E-state index contributed by atoms with van der Waals surface area (Å²) in [5, 5.41) is 10.6. The van der Waals surface area contributed by atoms with Crippen LogP contribution in [-0.4, -0.2) is 23.2 Å². The first-order valence-corrected chi connectivity index (χ1v) is 2.13. The molecule has 10 heavy (non-hydrogen) atoms. The van der Waals surface area contributed by atoms with Crippen LogP contribution >= 0.6 is 0 Å². The van der Waals surface area contributed by atoms with Crippen LogP contribution in [0.4, 0.5) is 0 Å². The Bertz CT molecular complexity index is 176. The molecule has 0 aliphatic heterocycles. The van der Waals surface area contributed by atoms with E-state index in [1.165, 1.54) is 7.05 Å². The van der Waals surface area contributed by atoms with Crippen LogP contribution in [0, 0.1) is 15.0 Å². The normalized spacial score (nSPS) is 10.7. The predicted molar refractivity (Wildman–Crippen MR) is 32.2 cm³/mol. The molecule has 0 saturated carbocycles. The van der Waals surface area contributed by atoms with Gasteiger partial charge in [-0.1, -0.05) is 0 Å². The highest BCUT2D eigenvalue weighted by Crippen LogP contribution is 1.86. The van der Waals surface area contributed by atoms with Gasteiger partial charge in [0.05, 0.1) is 5.03 Å². The van der Waals surface area contributed by atoms with E-state index in [9.17, 15) is 15.0 Å². The molecule has 0 amide bonds. The SMILES string of the molecule is CN=C(N)N(N=O)[N+](=O)[O-]. The number of nitrogens with two attached hydrogens (primary N) is 1. The summed E-state index contributed by atoms with van der Waals surface area (Å²) >= 11 is 0. The summed E-state index contributed by atoms with van der Waals surface area (Å²) in [7, 11) is 1.21. The zero-order chi connectivity index (χ0) is 8.15. The summed E-state index contributed by atoms with van der Waals surface area (Å²) in [6.07, 6.45) is 0. The molecule has 0 heterocycles. The second-order valence-electron chi connectivity index (χ2n) is 1.19. The average molecular weight is 147 g/mol. The maximum Gasteiger partial charge on any atom is 0.318 e. The Hall–Kier alpha value is -1.73. The van der Waals surface area contributed by atoms with Crippen molar-refractivity contribution < 1.29 is 5.03 Å². The van der Waals surface area contributed by atoms with Crippen molar-refractivity contribution in [1.82, 2.24) is 5.12 Å². The van der Waals surface area contributed by atoms with Crippen LogP contribution in [0.25, 0.3) is 0 Å². The minimum Gasteiger partial charge on any atom is -0.363 e. The van der Waals surface area contributed by atoms with Gasteiger partial charge in [-0.3, -0.25) is 0 Å². The first-order valence-electron chi connectivity index (χ1n) is 2.13. The first kappa shape index (κ1) is 8.27. The number of rotatable bonds is 2. The summed E-state index contributed by atoms with van der Waals surface area (Å²) in [5.41, 5.74) is 4.87. The minimum absolute atomic E-state index is 0.167. The summed E-state index contributed by atoms with van der Waals surface area (Å²) in [4.78, 5) is 22.6. The Morgan fingerprint density at radius 3 is 2.40 bits per heavy atom. The molecular weight excluding hydrogens is 142 g/mol. The van der Waals surface area contributed by atoms with Gasteiger partial charge in [-0.15, -0.1) is 0 Å². The lowest BCUT2D eigenvalue weighted by molar-refractivity contribution is -0.631. The van der Waals surface area contributed by atoms with E-state index in [1.807, 2.05) is 5.29 Å². The number of nitroso groups, excluding NO2 is 1. The molecule has 0 aromatic rings. The Kier molecular flexibility index (Phi) is 2.75. The standard InChI is InChI=1S/C2H5N5O3/c1-4-2(3)6(5-8)7(9)10/h1H3,(H2,3,4). The fourth-order valence-electron chi connectivity index (χ4n) is 0.245. The third-order valence-corrected chi connectivity index (χ3v) is 0.666. The largest absolute Gasteiger partial charge is 0.363 e. The highest BCUT2D eigenvalue weighted by atomic mass is 16.7. The van der Waals surface area contributed by atoms with E-state index in [0.29, 0.717) is 0 Å². The van der Waals surface area contributed by atoms with Gasteiger partial charge >= 0.3 is 5.29 Å². The van der Waals surface area contributed by atoms with E-state index < -0.39 is 11.0 Å². The van der Waals surface area contributed by atoms with Crippen molar-refractivity contribution in [2.75, 3.05) is 7.05 Å². The van der Waals surface area contributed by atoms with Crippen molar-refractivity contribution in [2.24, 2.45) is 16.0 Å². The molecule has 0 atom stereocenters. The monoisotopic (exact) mass is 147 g/mol. The summed E-state index contributed by atoms with van der Waals surface area (Å²) in [6.45, 7) is 0. The van der Waals surface area contributed by atoms with Crippen molar-refractivity contribution in [3.8, 4) is 0 Å². The van der Waals surface area contributed by atoms with Crippen molar-refractivity contribution >= 4 is 5.96 Å². The molecule has 0 aromatic carbocycles. The molecule has 56 valence electrons. The summed E-state index contributed by atoms with van der Waals surface area (Å²) in [5.74, 6) is -0.556. The van der Waals surface area contributed by atoms with E-state index in [2.05, 4.69) is 4.99 Å². The molecular formula is C2H5N5O3. The van der Waals surface area contributed by atoms with Crippen LogP contribution in [0.15, 0.2) is 10.3 Å². The smallest absolute Gasteiger partial charge is 0.318 e. The third kappa shape index (κ3) is 1.65. The molecule has 0 rings (SSSR count). The lowest BCUT2D eigenvalue weighted by atomic mass is 11.0. The van der Waals surface area contributed by atoms with E-state index >= 15 is 0 Å². The Morgan fingerprint density at radius 1 is 1.80 bits per heavy atom. The highest BCUT2D eigenvalue weighted by Gasteiger charge is 2.19. The molecule has 0 bridgehead atoms. The molecule has 0 fully saturated rings. The summed E-state index contributed by atoms with van der Waals surface area (Å²) in [6, 6.07) is 0. The van der Waals surface area contributed by atoms with Crippen molar-refractivity contribution in [3.63, 3.8) is 0 Å². The number of guanidine groups is 1. The van der Waals surface area contributed by atoms with Gasteiger partial charge in [0.15, 0.2) is 0 Å². The van der Waals surface area contributed by atoms with Crippen LogP contribution < -0.4 is 5.73 Å². The number of aliphatic imine (C=N–C) groups is 1. The zero-order valence-electron chi connectivity index (χ0n) is 5.09. The predicted octanol–water partition coefficient (Wildman–Crippen LogP) is -0.894. The highest BCUT2D eigenvalue weighted by molar-refractivity contribution is 5.76. The molecule has 0 spiro atoms. The van der Waals surface area contributed by atoms with E-state index in [1.54, 1.807) is 0 Å². The van der Waals surface area contributed by atoms with Crippen LogP contribution in [0.2, 0.25) is 0 Å². The molecule has 0 aliphatic rings. The number of nitrogens with zero attached hydrogens (tertiary/aromatic N) is 4. The number of nitro groups is 1. The van der Waals surface area contributed by atoms with Gasteiger partial charge in [0, 0.05) is 12.0 Å². The second-order valence-corrected chi connectivity index (χ2v) is 1.19. The van der Waals surface area contributed by atoms with E-state index in [-0.39, 0.29) is 5.12 Å². The van der Waals surface area contributed by atoms with Gasteiger partial charge in [0.2, 0.25) is 0 Å². The lowest BCUT2D eigenvalue weighted by Gasteiger charge is -2.00. The maximum atomic E-state index is 9.81. The molecule has 0 aliphatic carbocycles. The topological polar surface area (TPSA) is 114 Å². The van der Waals surface area contributed by atoms with Gasteiger partial charge in [-0.2, -0.15) is 0 Å². The second kappa shape index (κ2) is 3.33. The van der Waals surface area contributed by atoms with Crippen LogP contribution in [0.3, 0.4) is 0 Å². The quantitative estimate of drug-likeness (QED) is 0.179. The van der Waals surface area contributed by atoms with Gasteiger partial charge < -0.3 is 15.8 Å². The molecule has 0 unspecified atom stereocenters. The fourth-order valence-corrected chi connectivity index (χ4v) is 0.245. The first-order chi connectivity index (χ1) is 4.63.